The van der Waals surface area contributed by atoms with Gasteiger partial charge in [-0.15, -0.1) is 0 Å². The molecule has 0 aromatic carbocycles. The summed E-state index contributed by atoms with van der Waals surface area (Å²) in [4.78, 5) is 30.0. The number of carboxylic acid groups (broad SMARTS) is 1. The van der Waals surface area contributed by atoms with Gasteiger partial charge in [0.05, 0.1) is 24.3 Å². The number of hydrogen-bond acceptors (Lipinski definition) is 7. The molecule has 0 aliphatic carbocycles. The van der Waals surface area contributed by atoms with E-state index < -0.39 is 11.9 Å². The van der Waals surface area contributed by atoms with Crippen LogP contribution in [0.3, 0.4) is 0 Å². The van der Waals surface area contributed by atoms with Gasteiger partial charge < -0.3 is 14.5 Å². The molecular weight excluding hydrogens is 374 g/mol. The smallest absolute Gasteiger partial charge is 0.308 e. The number of pyridine rings is 1. The van der Waals surface area contributed by atoms with Gasteiger partial charge in [0.1, 0.15) is 11.5 Å². The SMILES string of the molecule is Cc1ccc(-c2noc(C)c2Cn2ncc(N3CCC(C(=O)O)C3)cc2=O)cn1. The zero-order valence-electron chi connectivity index (χ0n) is 16.2. The third kappa shape index (κ3) is 3.75. The molecule has 29 heavy (non-hydrogen) atoms. The molecule has 0 radical (unpaired) electrons. The molecule has 4 heterocycles. The lowest BCUT2D eigenvalue weighted by Crippen LogP contribution is -2.28. The Hall–Kier alpha value is -3.49. The summed E-state index contributed by atoms with van der Waals surface area (Å²) in [7, 11) is 0. The van der Waals surface area contributed by atoms with Gasteiger partial charge in [-0.3, -0.25) is 14.6 Å². The number of aromatic nitrogens is 4. The Labute approximate surface area is 166 Å². The number of anilines is 1. The highest BCUT2D eigenvalue weighted by atomic mass is 16.5. The Kier molecular flexibility index (Phi) is 4.87. The predicted octanol–water partition coefficient (Wildman–Crippen LogP) is 1.87. The summed E-state index contributed by atoms with van der Waals surface area (Å²) in [5.41, 5.74) is 3.48. The maximum Gasteiger partial charge on any atom is 0.308 e. The molecule has 1 aliphatic heterocycles. The number of aryl methyl sites for hydroxylation is 2. The molecule has 1 aliphatic rings. The van der Waals surface area contributed by atoms with Crippen molar-refractivity contribution < 1.29 is 14.4 Å². The van der Waals surface area contributed by atoms with Crippen molar-refractivity contribution in [3.05, 3.63) is 58.0 Å². The second kappa shape index (κ2) is 7.50. The molecule has 150 valence electrons. The van der Waals surface area contributed by atoms with Crippen LogP contribution in [-0.2, 0) is 11.3 Å². The lowest BCUT2D eigenvalue weighted by Gasteiger charge is -2.17. The van der Waals surface area contributed by atoms with E-state index in [1.165, 1.54) is 10.7 Å². The van der Waals surface area contributed by atoms with Crippen molar-refractivity contribution in [1.29, 1.82) is 0 Å². The summed E-state index contributed by atoms with van der Waals surface area (Å²) < 4.78 is 6.69. The Balaban J connectivity index is 1.58. The van der Waals surface area contributed by atoms with E-state index in [9.17, 15) is 9.59 Å². The fraction of sp³-hybridized carbons (Fsp3) is 0.350. The van der Waals surface area contributed by atoms with Gasteiger partial charge >= 0.3 is 5.97 Å². The van der Waals surface area contributed by atoms with E-state index in [1.807, 2.05) is 24.0 Å². The second-order valence-corrected chi connectivity index (χ2v) is 7.23. The fourth-order valence-corrected chi connectivity index (χ4v) is 3.47. The minimum absolute atomic E-state index is 0.218. The van der Waals surface area contributed by atoms with Crippen LogP contribution in [0, 0.1) is 19.8 Å². The van der Waals surface area contributed by atoms with E-state index in [-0.39, 0.29) is 12.1 Å². The van der Waals surface area contributed by atoms with Crippen molar-refractivity contribution in [2.45, 2.75) is 26.8 Å². The zero-order chi connectivity index (χ0) is 20.5. The summed E-state index contributed by atoms with van der Waals surface area (Å²) in [5, 5.41) is 17.6. The van der Waals surface area contributed by atoms with Crippen molar-refractivity contribution in [1.82, 2.24) is 19.9 Å². The topological polar surface area (TPSA) is 114 Å². The van der Waals surface area contributed by atoms with E-state index in [4.69, 9.17) is 9.63 Å². The molecule has 1 atom stereocenters. The largest absolute Gasteiger partial charge is 0.481 e. The first kappa shape index (κ1) is 18.9. The molecule has 0 spiro atoms. The Morgan fingerprint density at radius 2 is 2.14 bits per heavy atom. The van der Waals surface area contributed by atoms with E-state index in [2.05, 4.69) is 15.2 Å². The van der Waals surface area contributed by atoms with Crippen molar-refractivity contribution in [3.63, 3.8) is 0 Å². The van der Waals surface area contributed by atoms with Crippen LogP contribution in [0.25, 0.3) is 11.3 Å². The monoisotopic (exact) mass is 395 g/mol. The lowest BCUT2D eigenvalue weighted by atomic mass is 10.1. The average Bonchev–Trinajstić information content (AvgIpc) is 3.32. The van der Waals surface area contributed by atoms with Gasteiger partial charge in [0.25, 0.3) is 5.56 Å². The molecule has 3 aromatic rings. The summed E-state index contributed by atoms with van der Waals surface area (Å²) in [5.74, 6) is -0.611. The van der Waals surface area contributed by atoms with Gasteiger partial charge in [-0.2, -0.15) is 5.10 Å². The second-order valence-electron chi connectivity index (χ2n) is 7.23. The molecule has 0 bridgehead atoms. The lowest BCUT2D eigenvalue weighted by molar-refractivity contribution is -0.140. The van der Waals surface area contributed by atoms with Crippen LogP contribution in [0.2, 0.25) is 0 Å². The molecule has 9 nitrogen and oxygen atoms in total. The van der Waals surface area contributed by atoms with Gasteiger partial charge in [-0.25, -0.2) is 4.68 Å². The molecule has 1 saturated heterocycles. The maximum atomic E-state index is 12.6. The van der Waals surface area contributed by atoms with E-state index in [0.29, 0.717) is 36.7 Å². The number of nitrogens with zero attached hydrogens (tertiary/aromatic N) is 5. The Morgan fingerprint density at radius 1 is 1.31 bits per heavy atom. The van der Waals surface area contributed by atoms with Gasteiger partial charge in [-0.05, 0) is 32.4 Å². The predicted molar refractivity (Wildman–Crippen MR) is 105 cm³/mol. The number of hydrogen-bond donors (Lipinski definition) is 1. The highest BCUT2D eigenvalue weighted by Crippen LogP contribution is 2.26. The standard InChI is InChI=1S/C20H21N5O4/c1-12-3-4-14(8-21-12)19-17(13(2)29-23-19)11-25-18(26)7-16(9-22-25)24-6-5-15(10-24)20(27)28/h3-4,7-9,15H,5-6,10-11H2,1-2H3,(H,27,28). The zero-order valence-corrected chi connectivity index (χ0v) is 16.2. The summed E-state index contributed by atoms with van der Waals surface area (Å²) in [6.07, 6.45) is 3.88. The van der Waals surface area contributed by atoms with Crippen LogP contribution < -0.4 is 10.5 Å². The van der Waals surface area contributed by atoms with Gasteiger partial charge in [-0.1, -0.05) is 5.16 Å². The van der Waals surface area contributed by atoms with Crippen LogP contribution >= 0.6 is 0 Å². The number of carbonyl (C=O) groups is 1. The molecule has 1 N–H and O–H groups in total. The first-order valence-electron chi connectivity index (χ1n) is 9.35. The average molecular weight is 395 g/mol. The van der Waals surface area contributed by atoms with Crippen molar-refractivity contribution in [3.8, 4) is 11.3 Å². The number of rotatable bonds is 5. The number of aliphatic carboxylic acids is 1. The summed E-state index contributed by atoms with van der Waals surface area (Å²) in [6, 6.07) is 5.30. The normalized spacial score (nSPS) is 16.3. The Morgan fingerprint density at radius 3 is 2.79 bits per heavy atom. The highest BCUT2D eigenvalue weighted by molar-refractivity contribution is 5.72. The highest BCUT2D eigenvalue weighted by Gasteiger charge is 2.28. The fourth-order valence-electron chi connectivity index (χ4n) is 3.47. The van der Waals surface area contributed by atoms with Gasteiger partial charge in [0, 0.05) is 42.2 Å². The summed E-state index contributed by atoms with van der Waals surface area (Å²) in [6.45, 7) is 4.90. The third-order valence-electron chi connectivity index (χ3n) is 5.24. The van der Waals surface area contributed by atoms with Crippen molar-refractivity contribution in [2.75, 3.05) is 18.0 Å². The molecule has 0 amide bonds. The van der Waals surface area contributed by atoms with E-state index >= 15 is 0 Å². The van der Waals surface area contributed by atoms with Gasteiger partial charge in [0.15, 0.2) is 0 Å². The van der Waals surface area contributed by atoms with Crippen molar-refractivity contribution in [2.24, 2.45) is 5.92 Å². The molecular formula is C20H21N5O4. The molecule has 1 unspecified atom stereocenters. The quantitative estimate of drug-likeness (QED) is 0.696. The summed E-state index contributed by atoms with van der Waals surface area (Å²) >= 11 is 0. The van der Waals surface area contributed by atoms with Crippen LogP contribution in [0.15, 0.2) is 39.9 Å². The van der Waals surface area contributed by atoms with Crippen LogP contribution in [0.5, 0.6) is 0 Å². The Bertz CT molecular complexity index is 1100. The van der Waals surface area contributed by atoms with Crippen LogP contribution in [-0.4, -0.2) is 44.1 Å². The first-order chi connectivity index (χ1) is 13.9. The molecule has 0 saturated carbocycles. The van der Waals surface area contributed by atoms with E-state index in [1.54, 1.807) is 19.3 Å². The van der Waals surface area contributed by atoms with Crippen LogP contribution in [0.1, 0.15) is 23.4 Å². The maximum absolute atomic E-state index is 12.6. The molecule has 1 fully saturated rings. The molecule has 9 heteroatoms. The first-order valence-corrected chi connectivity index (χ1v) is 9.35. The third-order valence-corrected chi connectivity index (χ3v) is 5.24. The van der Waals surface area contributed by atoms with Crippen LogP contribution in [0.4, 0.5) is 5.69 Å². The molecule has 4 rings (SSSR count). The molecule has 3 aromatic heterocycles. The van der Waals surface area contributed by atoms with E-state index in [0.717, 1.165) is 16.8 Å². The minimum atomic E-state index is -0.810. The number of carboxylic acids is 1. The van der Waals surface area contributed by atoms with Gasteiger partial charge in [0.2, 0.25) is 0 Å². The van der Waals surface area contributed by atoms with Crippen molar-refractivity contribution >= 4 is 11.7 Å². The minimum Gasteiger partial charge on any atom is -0.481 e.